The summed E-state index contributed by atoms with van der Waals surface area (Å²) < 4.78 is 1.63. The van der Waals surface area contributed by atoms with Crippen molar-refractivity contribution in [1.82, 2.24) is 19.9 Å². The summed E-state index contributed by atoms with van der Waals surface area (Å²) in [5.41, 5.74) is 8.64. The summed E-state index contributed by atoms with van der Waals surface area (Å²) >= 11 is 0. The predicted octanol–water partition coefficient (Wildman–Crippen LogP) is 0.239. The van der Waals surface area contributed by atoms with Crippen molar-refractivity contribution in [2.75, 3.05) is 0 Å². The Bertz CT molecular complexity index is 729. The number of carbonyl (C=O) groups is 1. The van der Waals surface area contributed by atoms with Crippen LogP contribution in [0, 0.1) is 19.8 Å². The van der Waals surface area contributed by atoms with Crippen molar-refractivity contribution >= 4 is 11.6 Å². The van der Waals surface area contributed by atoms with E-state index >= 15 is 0 Å². The molecular weight excluding hydrogens is 270 g/mol. The molecular formula is C14H21N5O2. The summed E-state index contributed by atoms with van der Waals surface area (Å²) in [4.78, 5) is 27.7. The second-order valence-corrected chi connectivity index (χ2v) is 5.44. The van der Waals surface area contributed by atoms with E-state index in [0.29, 0.717) is 12.2 Å². The maximum Gasteiger partial charge on any atom is 0.266 e. The molecule has 0 saturated carbocycles. The first-order valence-electron chi connectivity index (χ1n) is 6.92. The lowest BCUT2D eigenvalue weighted by molar-refractivity contribution is -0.125. The van der Waals surface area contributed by atoms with E-state index in [1.165, 1.54) is 6.07 Å². The van der Waals surface area contributed by atoms with Gasteiger partial charge >= 0.3 is 0 Å². The minimum Gasteiger partial charge on any atom is -0.352 e. The van der Waals surface area contributed by atoms with Gasteiger partial charge in [0, 0.05) is 41.5 Å². The van der Waals surface area contributed by atoms with Crippen molar-refractivity contribution in [3.8, 4) is 0 Å². The Balaban J connectivity index is 2.26. The number of amides is 1. The van der Waals surface area contributed by atoms with Gasteiger partial charge in [-0.2, -0.15) is 0 Å². The third-order valence-corrected chi connectivity index (χ3v) is 3.84. The molecule has 0 aliphatic rings. The van der Waals surface area contributed by atoms with Gasteiger partial charge < -0.3 is 11.1 Å². The normalized spacial score (nSPS) is 14.1. The van der Waals surface area contributed by atoms with Crippen molar-refractivity contribution in [3.63, 3.8) is 0 Å². The number of nitrogens with one attached hydrogen (secondary N) is 2. The van der Waals surface area contributed by atoms with Crippen molar-refractivity contribution in [3.05, 3.63) is 33.4 Å². The summed E-state index contributed by atoms with van der Waals surface area (Å²) in [5.74, 6) is -0.349. The van der Waals surface area contributed by atoms with E-state index in [1.807, 2.05) is 13.8 Å². The Morgan fingerprint density at radius 3 is 2.76 bits per heavy atom. The van der Waals surface area contributed by atoms with Crippen LogP contribution in [-0.2, 0) is 11.3 Å². The zero-order chi connectivity index (χ0) is 15.7. The van der Waals surface area contributed by atoms with Crippen molar-refractivity contribution in [1.29, 1.82) is 0 Å². The van der Waals surface area contributed by atoms with Crippen molar-refractivity contribution in [2.45, 2.75) is 40.3 Å². The second-order valence-electron chi connectivity index (χ2n) is 5.44. The summed E-state index contributed by atoms with van der Waals surface area (Å²) in [6.07, 6.45) is 0. The Labute approximate surface area is 122 Å². The number of fused-ring (bicyclic) bond motifs is 1. The molecule has 0 aromatic carbocycles. The zero-order valence-corrected chi connectivity index (χ0v) is 12.7. The number of hydrogen-bond donors (Lipinski definition) is 3. The first kappa shape index (κ1) is 15.2. The van der Waals surface area contributed by atoms with Crippen LogP contribution in [0.3, 0.4) is 0 Å². The minimum absolute atomic E-state index is 0.0927. The summed E-state index contributed by atoms with van der Waals surface area (Å²) in [6, 6.07) is 1.24. The Morgan fingerprint density at radius 2 is 2.14 bits per heavy atom. The summed E-state index contributed by atoms with van der Waals surface area (Å²) in [7, 11) is 0. The molecule has 2 unspecified atom stereocenters. The van der Waals surface area contributed by atoms with Gasteiger partial charge in [-0.25, -0.2) is 9.50 Å². The molecule has 4 N–H and O–H groups in total. The van der Waals surface area contributed by atoms with Gasteiger partial charge in [0.2, 0.25) is 5.91 Å². The number of rotatable bonds is 4. The summed E-state index contributed by atoms with van der Waals surface area (Å²) in [6.45, 7) is 7.70. The zero-order valence-electron chi connectivity index (χ0n) is 12.7. The van der Waals surface area contributed by atoms with E-state index in [4.69, 9.17) is 5.73 Å². The molecule has 0 radical (unpaired) electrons. The molecule has 0 fully saturated rings. The average molecular weight is 291 g/mol. The molecule has 21 heavy (non-hydrogen) atoms. The largest absolute Gasteiger partial charge is 0.352 e. The highest BCUT2D eigenvalue weighted by Crippen LogP contribution is 2.13. The predicted molar refractivity (Wildman–Crippen MR) is 79.9 cm³/mol. The Kier molecular flexibility index (Phi) is 4.13. The highest BCUT2D eigenvalue weighted by atomic mass is 16.2. The highest BCUT2D eigenvalue weighted by Gasteiger charge is 2.18. The first-order valence-corrected chi connectivity index (χ1v) is 6.92. The molecule has 0 spiro atoms. The van der Waals surface area contributed by atoms with Gasteiger partial charge in [-0.1, -0.05) is 6.92 Å². The molecule has 1 amide bonds. The molecule has 7 nitrogen and oxygen atoms in total. The van der Waals surface area contributed by atoms with Gasteiger partial charge in [-0.3, -0.25) is 14.7 Å². The molecule has 114 valence electrons. The lowest BCUT2D eigenvalue weighted by Crippen LogP contribution is -2.38. The molecule has 7 heteroatoms. The number of aromatic nitrogens is 3. The van der Waals surface area contributed by atoms with Gasteiger partial charge in [0.05, 0.1) is 0 Å². The second kappa shape index (κ2) is 5.69. The van der Waals surface area contributed by atoms with Gasteiger partial charge in [0.1, 0.15) is 0 Å². The number of hydrogen-bond acceptors (Lipinski definition) is 4. The number of aryl methyl sites for hydroxylation is 2. The molecule has 2 rings (SSSR count). The maximum absolute atomic E-state index is 12.0. The standard InChI is InChI=1S/C14H21N5O2/c1-7(8(2)15)14(21)16-6-11-9(3)17-12-5-13(20)18-19(12)10(11)4/h5,7-8H,6,15H2,1-4H3,(H,16,21)(H,18,20). The van der Waals surface area contributed by atoms with Crippen LogP contribution in [0.4, 0.5) is 0 Å². The van der Waals surface area contributed by atoms with Crippen LogP contribution in [0.15, 0.2) is 10.9 Å². The fraction of sp³-hybridized carbons (Fsp3) is 0.500. The van der Waals surface area contributed by atoms with E-state index in [1.54, 1.807) is 18.4 Å². The van der Waals surface area contributed by atoms with E-state index in [0.717, 1.165) is 17.0 Å². The fourth-order valence-electron chi connectivity index (χ4n) is 2.19. The Morgan fingerprint density at radius 1 is 1.48 bits per heavy atom. The molecule has 0 aliphatic heterocycles. The average Bonchev–Trinajstić information content (AvgIpc) is 2.77. The molecule has 2 heterocycles. The van der Waals surface area contributed by atoms with E-state index in [2.05, 4.69) is 15.4 Å². The third-order valence-electron chi connectivity index (χ3n) is 3.84. The molecule has 2 aromatic rings. The van der Waals surface area contributed by atoms with Gasteiger partial charge in [0.25, 0.3) is 5.56 Å². The SMILES string of the molecule is Cc1nc2cc(=O)[nH]n2c(C)c1CNC(=O)C(C)C(C)N. The van der Waals surface area contributed by atoms with Crippen LogP contribution in [0.25, 0.3) is 5.65 Å². The van der Waals surface area contributed by atoms with Gasteiger partial charge in [0.15, 0.2) is 5.65 Å². The van der Waals surface area contributed by atoms with E-state index in [9.17, 15) is 9.59 Å². The molecule has 0 bridgehead atoms. The van der Waals surface area contributed by atoms with Crippen molar-refractivity contribution in [2.24, 2.45) is 11.7 Å². The van der Waals surface area contributed by atoms with Crippen LogP contribution in [0.5, 0.6) is 0 Å². The molecule has 0 saturated heterocycles. The number of H-pyrrole nitrogens is 1. The van der Waals surface area contributed by atoms with E-state index in [-0.39, 0.29) is 23.4 Å². The lowest BCUT2D eigenvalue weighted by atomic mass is 10.0. The number of aromatic amines is 1. The monoisotopic (exact) mass is 291 g/mol. The Hall–Kier alpha value is -2.15. The van der Waals surface area contributed by atoms with Crippen LogP contribution in [0.2, 0.25) is 0 Å². The van der Waals surface area contributed by atoms with Crippen LogP contribution >= 0.6 is 0 Å². The lowest BCUT2D eigenvalue weighted by Gasteiger charge is -2.17. The topological polar surface area (TPSA) is 105 Å². The maximum atomic E-state index is 12.0. The highest BCUT2D eigenvalue weighted by molar-refractivity contribution is 5.78. The minimum atomic E-state index is -0.256. The number of nitrogens with zero attached hydrogens (tertiary/aromatic N) is 2. The number of carbonyl (C=O) groups excluding carboxylic acids is 1. The smallest absolute Gasteiger partial charge is 0.266 e. The number of nitrogens with two attached hydrogens (primary N) is 1. The fourth-order valence-corrected chi connectivity index (χ4v) is 2.19. The van der Waals surface area contributed by atoms with Gasteiger partial charge in [-0.05, 0) is 20.8 Å². The molecule has 0 aliphatic carbocycles. The summed E-state index contributed by atoms with van der Waals surface area (Å²) in [5, 5.41) is 5.56. The van der Waals surface area contributed by atoms with Crippen LogP contribution in [0.1, 0.15) is 30.8 Å². The quantitative estimate of drug-likeness (QED) is 0.750. The first-order chi connectivity index (χ1) is 9.81. The molecule has 2 atom stereocenters. The van der Waals surface area contributed by atoms with Crippen LogP contribution in [-0.4, -0.2) is 26.5 Å². The molecule has 2 aromatic heterocycles. The van der Waals surface area contributed by atoms with Crippen molar-refractivity contribution < 1.29 is 4.79 Å². The third kappa shape index (κ3) is 2.97. The van der Waals surface area contributed by atoms with Gasteiger partial charge in [-0.15, -0.1) is 0 Å². The van der Waals surface area contributed by atoms with Crippen LogP contribution < -0.4 is 16.6 Å². The van der Waals surface area contributed by atoms with E-state index < -0.39 is 0 Å².